The molecule has 4 atom stereocenters. The summed E-state index contributed by atoms with van der Waals surface area (Å²) < 4.78 is 0. The number of likely N-dealkylation sites (tertiary alicyclic amines) is 1. The van der Waals surface area contributed by atoms with E-state index in [2.05, 4.69) is 10.6 Å². The molecule has 0 spiro atoms. The van der Waals surface area contributed by atoms with Crippen molar-refractivity contribution in [3.63, 3.8) is 0 Å². The third kappa shape index (κ3) is 7.42. The molecule has 3 rings (SSSR count). The van der Waals surface area contributed by atoms with Crippen molar-refractivity contribution in [3.05, 3.63) is 71.3 Å². The van der Waals surface area contributed by atoms with Crippen LogP contribution in [-0.2, 0) is 20.8 Å². The molecular weight excluding hydrogens is 480 g/mol. The normalized spacial score (nSPS) is 17.6. The molecule has 0 bridgehead atoms. The van der Waals surface area contributed by atoms with Crippen LogP contribution in [0.5, 0.6) is 0 Å². The summed E-state index contributed by atoms with van der Waals surface area (Å²) in [5.74, 6) is -0.973. The van der Waals surface area contributed by atoms with Gasteiger partial charge in [-0.1, -0.05) is 75.4 Å². The molecular formula is C30H42N4O4. The minimum atomic E-state index is -0.745. The lowest BCUT2D eigenvalue weighted by atomic mass is 9.96. The van der Waals surface area contributed by atoms with Crippen LogP contribution < -0.4 is 16.4 Å². The van der Waals surface area contributed by atoms with Gasteiger partial charge in [-0.2, -0.15) is 0 Å². The van der Waals surface area contributed by atoms with E-state index in [0.717, 1.165) is 23.1 Å². The summed E-state index contributed by atoms with van der Waals surface area (Å²) >= 11 is 0. The Balaban J connectivity index is 1.80. The molecule has 2 aromatic rings. The van der Waals surface area contributed by atoms with E-state index in [0.29, 0.717) is 32.2 Å². The van der Waals surface area contributed by atoms with E-state index in [4.69, 9.17) is 10.8 Å². The second-order valence-corrected chi connectivity index (χ2v) is 10.4. The maximum Gasteiger partial charge on any atom is 0.246 e. The van der Waals surface area contributed by atoms with Crippen LogP contribution >= 0.6 is 0 Å². The topological polar surface area (TPSA) is 125 Å². The number of carbonyl (C=O) groups excluding carboxylic acids is 3. The third-order valence-electron chi connectivity index (χ3n) is 7.20. The van der Waals surface area contributed by atoms with E-state index in [-0.39, 0.29) is 36.3 Å². The molecule has 5 N–H and O–H groups in total. The van der Waals surface area contributed by atoms with Crippen LogP contribution in [0.25, 0.3) is 0 Å². The fraction of sp³-hybridized carbons (Fsp3) is 0.500. The molecule has 0 radical (unpaired) electrons. The van der Waals surface area contributed by atoms with Crippen molar-refractivity contribution >= 4 is 17.7 Å². The molecule has 1 fully saturated rings. The van der Waals surface area contributed by atoms with Gasteiger partial charge in [-0.15, -0.1) is 0 Å². The van der Waals surface area contributed by atoms with Crippen molar-refractivity contribution in [2.75, 3.05) is 13.2 Å². The number of amides is 3. The fourth-order valence-corrected chi connectivity index (χ4v) is 4.84. The van der Waals surface area contributed by atoms with Gasteiger partial charge >= 0.3 is 0 Å². The average Bonchev–Trinajstić information content (AvgIpc) is 3.43. The molecule has 0 saturated carbocycles. The highest BCUT2D eigenvalue weighted by atomic mass is 16.3. The van der Waals surface area contributed by atoms with Crippen LogP contribution in [0.1, 0.15) is 69.2 Å². The van der Waals surface area contributed by atoms with Gasteiger partial charge in [-0.25, -0.2) is 0 Å². The molecule has 2 aromatic carbocycles. The Bertz CT molecular complexity index is 1060. The van der Waals surface area contributed by atoms with Gasteiger partial charge in [0.15, 0.2) is 0 Å². The van der Waals surface area contributed by atoms with Crippen LogP contribution in [0.3, 0.4) is 0 Å². The molecule has 206 valence electrons. The summed E-state index contributed by atoms with van der Waals surface area (Å²) in [5.41, 5.74) is 8.89. The summed E-state index contributed by atoms with van der Waals surface area (Å²) in [6.45, 7) is 6.19. The maximum absolute atomic E-state index is 13.7. The highest BCUT2D eigenvalue weighted by Gasteiger charge is 2.39. The van der Waals surface area contributed by atoms with Gasteiger partial charge < -0.3 is 26.4 Å². The van der Waals surface area contributed by atoms with Gasteiger partial charge in [0.25, 0.3) is 0 Å². The molecule has 0 unspecified atom stereocenters. The van der Waals surface area contributed by atoms with Crippen molar-refractivity contribution in [2.24, 2.45) is 11.7 Å². The predicted octanol–water partition coefficient (Wildman–Crippen LogP) is 2.69. The van der Waals surface area contributed by atoms with Crippen LogP contribution in [-0.4, -0.2) is 59.0 Å². The Kier molecular flexibility index (Phi) is 10.9. The second-order valence-electron chi connectivity index (χ2n) is 10.4. The van der Waals surface area contributed by atoms with E-state index in [1.54, 1.807) is 4.90 Å². The zero-order valence-corrected chi connectivity index (χ0v) is 22.7. The van der Waals surface area contributed by atoms with E-state index >= 15 is 0 Å². The molecule has 1 saturated heterocycles. The number of hydrogen-bond acceptors (Lipinski definition) is 5. The third-order valence-corrected chi connectivity index (χ3v) is 7.20. The molecule has 1 aliphatic rings. The first-order chi connectivity index (χ1) is 18.3. The summed E-state index contributed by atoms with van der Waals surface area (Å²) in [7, 11) is 0. The molecule has 3 amide bonds. The zero-order chi connectivity index (χ0) is 27.7. The van der Waals surface area contributed by atoms with Crippen molar-refractivity contribution in [1.82, 2.24) is 15.5 Å². The van der Waals surface area contributed by atoms with E-state index < -0.39 is 18.1 Å². The van der Waals surface area contributed by atoms with Gasteiger partial charge in [0.1, 0.15) is 12.1 Å². The van der Waals surface area contributed by atoms with Crippen LogP contribution in [0.2, 0.25) is 0 Å². The monoisotopic (exact) mass is 522 g/mol. The van der Waals surface area contributed by atoms with Crippen molar-refractivity contribution in [2.45, 2.75) is 77.0 Å². The van der Waals surface area contributed by atoms with E-state index in [9.17, 15) is 14.4 Å². The molecule has 0 aromatic heterocycles. The lowest BCUT2D eigenvalue weighted by molar-refractivity contribution is -0.142. The SMILES string of the molecule is CC[C@H](N)C(=O)N[C@H](C(=O)N1CCC[C@H]1C(=O)N[C@@H](c1ccccc1)c1ccc(CCCO)cc1)C(C)C. The van der Waals surface area contributed by atoms with Gasteiger partial charge in [0.2, 0.25) is 17.7 Å². The summed E-state index contributed by atoms with van der Waals surface area (Å²) in [4.78, 5) is 41.3. The Morgan fingerprint density at radius 2 is 1.68 bits per heavy atom. The zero-order valence-electron chi connectivity index (χ0n) is 22.7. The van der Waals surface area contributed by atoms with Crippen LogP contribution in [0, 0.1) is 5.92 Å². The van der Waals surface area contributed by atoms with Crippen LogP contribution in [0.4, 0.5) is 0 Å². The minimum Gasteiger partial charge on any atom is -0.396 e. The van der Waals surface area contributed by atoms with Crippen molar-refractivity contribution in [3.8, 4) is 0 Å². The number of nitrogens with two attached hydrogens (primary N) is 1. The second kappa shape index (κ2) is 14.1. The first-order valence-electron chi connectivity index (χ1n) is 13.7. The highest BCUT2D eigenvalue weighted by Crippen LogP contribution is 2.26. The van der Waals surface area contributed by atoms with Gasteiger partial charge in [0.05, 0.1) is 12.1 Å². The molecule has 1 aliphatic heterocycles. The number of aliphatic hydroxyl groups is 1. The minimum absolute atomic E-state index is 0.147. The lowest BCUT2D eigenvalue weighted by Crippen LogP contribution is -2.57. The lowest BCUT2D eigenvalue weighted by Gasteiger charge is -2.32. The Labute approximate surface area is 226 Å². The Morgan fingerprint density at radius 1 is 1.03 bits per heavy atom. The maximum atomic E-state index is 13.7. The Hall–Kier alpha value is -3.23. The molecule has 8 nitrogen and oxygen atoms in total. The molecule has 0 aliphatic carbocycles. The number of rotatable bonds is 12. The van der Waals surface area contributed by atoms with Gasteiger partial charge in [-0.3, -0.25) is 14.4 Å². The van der Waals surface area contributed by atoms with Crippen LogP contribution in [0.15, 0.2) is 54.6 Å². The number of hydrogen-bond donors (Lipinski definition) is 4. The first kappa shape index (κ1) is 29.3. The largest absolute Gasteiger partial charge is 0.396 e. The molecule has 38 heavy (non-hydrogen) atoms. The number of carbonyl (C=O) groups is 3. The van der Waals surface area contributed by atoms with Gasteiger partial charge in [-0.05, 0) is 54.7 Å². The average molecular weight is 523 g/mol. The highest BCUT2D eigenvalue weighted by molar-refractivity contribution is 5.93. The quantitative estimate of drug-likeness (QED) is 0.341. The summed E-state index contributed by atoms with van der Waals surface area (Å²) in [6.07, 6.45) is 3.24. The number of nitrogens with zero attached hydrogens (tertiary/aromatic N) is 1. The number of benzene rings is 2. The smallest absolute Gasteiger partial charge is 0.246 e. The van der Waals surface area contributed by atoms with Crippen molar-refractivity contribution in [1.29, 1.82) is 0 Å². The summed E-state index contributed by atoms with van der Waals surface area (Å²) in [6, 6.07) is 15.4. The van der Waals surface area contributed by atoms with E-state index in [1.807, 2.05) is 75.4 Å². The molecule has 1 heterocycles. The standard InChI is InChI=1S/C30H42N4O4/c1-4-24(31)28(36)32-26(20(2)3)30(38)34-18-8-13-25(34)29(37)33-27(22-11-6-5-7-12-22)23-16-14-21(15-17-23)10-9-19-35/h5-7,11-12,14-17,20,24-27,35H,4,8-10,13,18-19,31H2,1-3H3,(H,32,36)(H,33,37)/t24-,25-,26-,27-/m0/s1. The predicted molar refractivity (Wildman–Crippen MR) is 148 cm³/mol. The van der Waals surface area contributed by atoms with E-state index in [1.165, 1.54) is 0 Å². The summed E-state index contributed by atoms with van der Waals surface area (Å²) in [5, 5.41) is 15.1. The number of aryl methyl sites for hydroxylation is 1. The number of aliphatic hydroxyl groups excluding tert-OH is 1. The number of nitrogens with one attached hydrogen (secondary N) is 2. The van der Waals surface area contributed by atoms with Gasteiger partial charge in [0, 0.05) is 13.2 Å². The Morgan fingerprint density at radius 3 is 2.29 bits per heavy atom. The fourth-order valence-electron chi connectivity index (χ4n) is 4.84. The van der Waals surface area contributed by atoms with Crippen molar-refractivity contribution < 1.29 is 19.5 Å². The first-order valence-corrected chi connectivity index (χ1v) is 13.7. The molecule has 8 heteroatoms.